The van der Waals surface area contributed by atoms with Gasteiger partial charge in [0.1, 0.15) is 5.60 Å². The van der Waals surface area contributed by atoms with Crippen LogP contribution in [0.5, 0.6) is 11.9 Å². The van der Waals surface area contributed by atoms with Crippen LogP contribution in [-0.4, -0.2) is 52.8 Å². The average Bonchev–Trinajstić information content (AvgIpc) is 3.24. The van der Waals surface area contributed by atoms with Gasteiger partial charge in [0, 0.05) is 31.7 Å². The Hall–Kier alpha value is -1.66. The van der Waals surface area contributed by atoms with Crippen LogP contribution in [0.25, 0.3) is 0 Å². The second-order valence-corrected chi connectivity index (χ2v) is 8.44. The highest BCUT2D eigenvalue weighted by atomic mass is 16.5. The Balaban J connectivity index is 1.52. The number of fused-ring (bicyclic) bond motifs is 1. The average molecular weight is 388 g/mol. The van der Waals surface area contributed by atoms with Crippen LogP contribution < -0.4 is 9.47 Å². The van der Waals surface area contributed by atoms with Gasteiger partial charge >= 0.3 is 6.01 Å². The van der Waals surface area contributed by atoms with Crippen LogP contribution in [-0.2, 0) is 5.60 Å². The number of likely N-dealkylation sites (tertiary alicyclic amines) is 1. The molecule has 0 spiro atoms. The Morgan fingerprint density at radius 3 is 2.79 bits per heavy atom. The molecule has 1 aliphatic heterocycles. The lowest BCUT2D eigenvalue weighted by molar-refractivity contribution is -0.0104. The molecule has 4 rings (SSSR count). The summed E-state index contributed by atoms with van der Waals surface area (Å²) in [6, 6.07) is 0.311. The summed E-state index contributed by atoms with van der Waals surface area (Å²) in [5.41, 5.74) is -0.186. The Kier molecular flexibility index (Phi) is 5.88. The number of aliphatic hydroxyl groups is 1. The van der Waals surface area contributed by atoms with Crippen molar-refractivity contribution in [2.45, 2.75) is 51.6 Å². The monoisotopic (exact) mass is 387 g/mol. The molecule has 1 aromatic rings. The lowest BCUT2D eigenvalue weighted by Crippen LogP contribution is -2.36. The quantitative estimate of drug-likeness (QED) is 0.725. The fraction of sp³-hybridized carbons (Fsp3) is 0.727. The molecule has 6 nitrogen and oxygen atoms in total. The standard InChI is InChI=1S/C22H33N3O3/c1-3-27-20-18(12-23-21(24-20)28-4-2)22(26)11-10-17-14-25(15-19(17)22)13-16-8-6-5-7-9-16/h5-6,12,16-17,19,26H,3-4,7-11,13-15H2,1-2H3/t16-,17+,19-,22-/m1/s1. The fourth-order valence-electron chi connectivity index (χ4n) is 5.35. The van der Waals surface area contributed by atoms with Crippen LogP contribution in [0.4, 0.5) is 0 Å². The normalized spacial score (nSPS) is 32.5. The first-order valence-corrected chi connectivity index (χ1v) is 10.9. The second-order valence-electron chi connectivity index (χ2n) is 8.44. The van der Waals surface area contributed by atoms with E-state index in [9.17, 15) is 5.11 Å². The summed E-state index contributed by atoms with van der Waals surface area (Å²) >= 11 is 0. The van der Waals surface area contributed by atoms with Crippen molar-refractivity contribution in [2.24, 2.45) is 17.8 Å². The molecule has 1 saturated carbocycles. The topological polar surface area (TPSA) is 67.7 Å². The van der Waals surface area contributed by atoms with E-state index in [1.54, 1.807) is 6.20 Å². The maximum atomic E-state index is 11.7. The first-order valence-electron chi connectivity index (χ1n) is 10.9. The van der Waals surface area contributed by atoms with Gasteiger partial charge in [-0.15, -0.1) is 0 Å². The molecule has 2 aliphatic carbocycles. The maximum Gasteiger partial charge on any atom is 0.319 e. The van der Waals surface area contributed by atoms with Crippen LogP contribution in [0.3, 0.4) is 0 Å². The highest BCUT2D eigenvalue weighted by Crippen LogP contribution is 2.52. The van der Waals surface area contributed by atoms with Gasteiger partial charge in [-0.2, -0.15) is 4.98 Å². The van der Waals surface area contributed by atoms with Gasteiger partial charge in [-0.1, -0.05) is 12.2 Å². The summed E-state index contributed by atoms with van der Waals surface area (Å²) in [4.78, 5) is 11.3. The van der Waals surface area contributed by atoms with E-state index in [4.69, 9.17) is 9.47 Å². The van der Waals surface area contributed by atoms with Gasteiger partial charge < -0.3 is 19.5 Å². The lowest BCUT2D eigenvalue weighted by Gasteiger charge is -2.32. The van der Waals surface area contributed by atoms with E-state index < -0.39 is 5.60 Å². The number of hydrogen-bond donors (Lipinski definition) is 1. The van der Waals surface area contributed by atoms with Gasteiger partial charge in [0.05, 0.1) is 18.8 Å². The van der Waals surface area contributed by atoms with Gasteiger partial charge in [0.2, 0.25) is 5.88 Å². The second kappa shape index (κ2) is 8.37. The van der Waals surface area contributed by atoms with Crippen molar-refractivity contribution in [3.63, 3.8) is 0 Å². The highest BCUT2D eigenvalue weighted by molar-refractivity contribution is 5.34. The Morgan fingerprint density at radius 1 is 1.18 bits per heavy atom. The maximum absolute atomic E-state index is 11.7. The Bertz CT molecular complexity index is 710. The van der Waals surface area contributed by atoms with Gasteiger partial charge in [0.15, 0.2) is 0 Å². The zero-order valence-corrected chi connectivity index (χ0v) is 17.1. The van der Waals surface area contributed by atoms with Crippen molar-refractivity contribution < 1.29 is 14.6 Å². The molecule has 0 radical (unpaired) electrons. The fourth-order valence-corrected chi connectivity index (χ4v) is 5.35. The van der Waals surface area contributed by atoms with Crippen molar-refractivity contribution in [2.75, 3.05) is 32.8 Å². The van der Waals surface area contributed by atoms with E-state index in [1.807, 2.05) is 13.8 Å². The third kappa shape index (κ3) is 3.77. The number of allylic oxidation sites excluding steroid dienone is 2. The molecule has 2 fully saturated rings. The smallest absolute Gasteiger partial charge is 0.319 e. The predicted octanol–water partition coefficient (Wildman–Crippen LogP) is 3.16. The zero-order chi connectivity index (χ0) is 19.6. The third-order valence-corrected chi connectivity index (χ3v) is 6.67. The summed E-state index contributed by atoms with van der Waals surface area (Å²) in [6.45, 7) is 8.03. The molecule has 2 heterocycles. The molecule has 1 saturated heterocycles. The molecular weight excluding hydrogens is 354 g/mol. The van der Waals surface area contributed by atoms with Gasteiger partial charge in [-0.3, -0.25) is 0 Å². The van der Waals surface area contributed by atoms with Gasteiger partial charge in [-0.05, 0) is 57.8 Å². The summed E-state index contributed by atoms with van der Waals surface area (Å²) in [6.07, 6.45) is 11.8. The molecule has 0 unspecified atom stereocenters. The van der Waals surface area contributed by atoms with Crippen molar-refractivity contribution in [1.82, 2.24) is 14.9 Å². The van der Waals surface area contributed by atoms with Crippen molar-refractivity contribution in [1.29, 1.82) is 0 Å². The van der Waals surface area contributed by atoms with Crippen molar-refractivity contribution in [3.8, 4) is 11.9 Å². The van der Waals surface area contributed by atoms with E-state index in [1.165, 1.54) is 19.3 Å². The molecule has 1 N–H and O–H groups in total. The van der Waals surface area contributed by atoms with E-state index in [2.05, 4.69) is 27.0 Å². The molecule has 154 valence electrons. The number of hydrogen-bond acceptors (Lipinski definition) is 6. The minimum Gasteiger partial charge on any atom is -0.478 e. The summed E-state index contributed by atoms with van der Waals surface area (Å²) in [5, 5.41) is 11.7. The molecule has 28 heavy (non-hydrogen) atoms. The largest absolute Gasteiger partial charge is 0.478 e. The predicted molar refractivity (Wildman–Crippen MR) is 107 cm³/mol. The molecule has 1 aromatic heterocycles. The van der Waals surface area contributed by atoms with Gasteiger partial charge in [0.25, 0.3) is 0 Å². The van der Waals surface area contributed by atoms with Crippen LogP contribution in [0, 0.1) is 17.8 Å². The first-order chi connectivity index (χ1) is 13.6. The van der Waals surface area contributed by atoms with Crippen LogP contribution in [0.1, 0.15) is 51.5 Å². The van der Waals surface area contributed by atoms with Crippen LogP contribution in [0.2, 0.25) is 0 Å². The van der Waals surface area contributed by atoms with Gasteiger partial charge in [-0.25, -0.2) is 4.98 Å². The number of ether oxygens (including phenoxy) is 2. The molecule has 4 atom stereocenters. The molecule has 3 aliphatic rings. The molecular formula is C22H33N3O3. The van der Waals surface area contributed by atoms with E-state index in [0.717, 1.165) is 44.0 Å². The minimum atomic E-state index is -0.916. The van der Waals surface area contributed by atoms with Crippen molar-refractivity contribution >= 4 is 0 Å². The summed E-state index contributed by atoms with van der Waals surface area (Å²) < 4.78 is 11.2. The minimum absolute atomic E-state index is 0.215. The molecule has 0 amide bonds. The number of aromatic nitrogens is 2. The van der Waals surface area contributed by atoms with Crippen LogP contribution in [0.15, 0.2) is 18.3 Å². The van der Waals surface area contributed by atoms with Crippen LogP contribution >= 0.6 is 0 Å². The molecule has 0 bridgehead atoms. The highest BCUT2D eigenvalue weighted by Gasteiger charge is 2.54. The molecule has 6 heteroatoms. The first kappa shape index (κ1) is 19.6. The Morgan fingerprint density at radius 2 is 2.04 bits per heavy atom. The SMILES string of the molecule is CCOc1ncc([C@]2(O)CC[C@H]3CN(C[C@@H]4CC=CCC4)C[C@H]32)c(OCC)n1. The van der Waals surface area contributed by atoms with E-state index in [0.29, 0.717) is 31.0 Å². The van der Waals surface area contributed by atoms with Crippen molar-refractivity contribution in [3.05, 3.63) is 23.9 Å². The lowest BCUT2D eigenvalue weighted by atomic mass is 9.83. The van der Waals surface area contributed by atoms with E-state index >= 15 is 0 Å². The number of nitrogens with zero attached hydrogens (tertiary/aromatic N) is 3. The number of rotatable bonds is 7. The molecule has 0 aromatic carbocycles. The summed E-state index contributed by atoms with van der Waals surface area (Å²) in [7, 11) is 0. The summed E-state index contributed by atoms with van der Waals surface area (Å²) in [5.74, 6) is 1.97. The third-order valence-electron chi connectivity index (χ3n) is 6.67. The Labute approximate surface area is 168 Å². The zero-order valence-electron chi connectivity index (χ0n) is 17.1. The van der Waals surface area contributed by atoms with E-state index in [-0.39, 0.29) is 5.92 Å².